The molecule has 0 N–H and O–H groups in total. The molecule has 0 aliphatic heterocycles. The second-order valence-electron chi connectivity index (χ2n) is 3.87. The van der Waals surface area contributed by atoms with Crippen molar-refractivity contribution in [1.82, 2.24) is 0 Å². The smallest absolute Gasteiger partial charge is 0.151 e. The molecule has 0 spiro atoms. The summed E-state index contributed by atoms with van der Waals surface area (Å²) >= 11 is 0. The van der Waals surface area contributed by atoms with Gasteiger partial charge in [-0.1, -0.05) is 29.8 Å². The van der Waals surface area contributed by atoms with Gasteiger partial charge in [-0.2, -0.15) is 10.5 Å². The van der Waals surface area contributed by atoms with Gasteiger partial charge in [0, 0.05) is 5.92 Å². The van der Waals surface area contributed by atoms with E-state index >= 15 is 0 Å². The minimum Gasteiger partial charge on any atom is -0.197 e. The fraction of sp³-hybridized carbons (Fsp3) is 0.333. The Morgan fingerprint density at radius 3 is 2.57 bits per heavy atom. The summed E-state index contributed by atoms with van der Waals surface area (Å²) in [6.45, 7) is 2.02. The molecule has 14 heavy (non-hydrogen) atoms. The van der Waals surface area contributed by atoms with Crippen molar-refractivity contribution >= 4 is 0 Å². The average Bonchev–Trinajstić information content (AvgIpc) is 2.93. The molecule has 0 amide bonds. The molecule has 0 bridgehead atoms. The molecule has 1 unspecified atom stereocenters. The molecule has 1 atom stereocenters. The van der Waals surface area contributed by atoms with Gasteiger partial charge < -0.3 is 0 Å². The Hall–Kier alpha value is -1.80. The molecule has 2 nitrogen and oxygen atoms in total. The van der Waals surface area contributed by atoms with E-state index in [2.05, 4.69) is 18.2 Å². The lowest BCUT2D eigenvalue weighted by molar-refractivity contribution is 0.840. The van der Waals surface area contributed by atoms with Crippen LogP contribution in [0.15, 0.2) is 24.3 Å². The first-order valence-corrected chi connectivity index (χ1v) is 4.61. The molecule has 0 heterocycles. The van der Waals surface area contributed by atoms with Crippen LogP contribution in [0.25, 0.3) is 0 Å². The Morgan fingerprint density at radius 2 is 2.07 bits per heavy atom. The largest absolute Gasteiger partial charge is 0.197 e. The van der Waals surface area contributed by atoms with Gasteiger partial charge in [0.05, 0.1) is 12.1 Å². The third-order valence-electron chi connectivity index (χ3n) is 2.80. The van der Waals surface area contributed by atoms with Gasteiger partial charge in [-0.05, 0) is 18.9 Å². The van der Waals surface area contributed by atoms with E-state index in [-0.39, 0.29) is 5.92 Å². The Balaban J connectivity index is 2.31. The minimum atomic E-state index is -0.742. The highest BCUT2D eigenvalue weighted by Gasteiger charge is 2.56. The van der Waals surface area contributed by atoms with E-state index in [0.29, 0.717) is 6.42 Å². The standard InChI is InChI=1S/C12H10N2/c1-9-3-2-4-10(5-9)11-6-12(11,7-13)8-14/h2-5,11H,6H2,1H3. The second-order valence-corrected chi connectivity index (χ2v) is 3.87. The molecule has 0 aromatic heterocycles. The maximum Gasteiger partial charge on any atom is 0.151 e. The van der Waals surface area contributed by atoms with Crippen molar-refractivity contribution in [3.05, 3.63) is 35.4 Å². The number of nitriles is 2. The summed E-state index contributed by atoms with van der Waals surface area (Å²) in [6.07, 6.45) is 0.684. The fourth-order valence-corrected chi connectivity index (χ4v) is 1.82. The zero-order chi connectivity index (χ0) is 10.2. The van der Waals surface area contributed by atoms with Crippen molar-refractivity contribution < 1.29 is 0 Å². The first-order valence-electron chi connectivity index (χ1n) is 4.61. The SMILES string of the molecule is Cc1cccc(C2CC2(C#N)C#N)c1. The van der Waals surface area contributed by atoms with E-state index in [0.717, 1.165) is 5.56 Å². The number of hydrogen-bond acceptors (Lipinski definition) is 2. The predicted molar refractivity (Wildman–Crippen MR) is 52.2 cm³/mol. The highest BCUT2D eigenvalue weighted by Crippen LogP contribution is 2.58. The maximum atomic E-state index is 8.89. The molecular weight excluding hydrogens is 172 g/mol. The third-order valence-corrected chi connectivity index (χ3v) is 2.80. The first kappa shape index (κ1) is 8.78. The normalized spacial score (nSPS) is 22.1. The van der Waals surface area contributed by atoms with Crippen molar-refractivity contribution in [3.8, 4) is 12.1 Å². The lowest BCUT2D eigenvalue weighted by Gasteiger charge is -2.00. The van der Waals surface area contributed by atoms with Gasteiger partial charge in [-0.15, -0.1) is 0 Å². The summed E-state index contributed by atoms with van der Waals surface area (Å²) < 4.78 is 0. The zero-order valence-corrected chi connectivity index (χ0v) is 7.99. The highest BCUT2D eigenvalue weighted by molar-refractivity contribution is 5.41. The number of aryl methyl sites for hydroxylation is 1. The van der Waals surface area contributed by atoms with Crippen LogP contribution in [-0.2, 0) is 0 Å². The van der Waals surface area contributed by atoms with Crippen LogP contribution in [0.3, 0.4) is 0 Å². The Labute approximate surface area is 83.4 Å². The van der Waals surface area contributed by atoms with Crippen molar-refractivity contribution in [1.29, 1.82) is 10.5 Å². The summed E-state index contributed by atoms with van der Waals surface area (Å²) in [6, 6.07) is 12.3. The second kappa shape index (κ2) is 2.86. The van der Waals surface area contributed by atoms with Crippen LogP contribution in [0.5, 0.6) is 0 Å². The molecule has 0 saturated heterocycles. The Bertz CT molecular complexity index is 434. The van der Waals surface area contributed by atoms with Gasteiger partial charge in [0.15, 0.2) is 5.41 Å². The summed E-state index contributed by atoms with van der Waals surface area (Å²) in [5.74, 6) is 0.123. The van der Waals surface area contributed by atoms with E-state index in [9.17, 15) is 0 Å². The van der Waals surface area contributed by atoms with Crippen molar-refractivity contribution in [2.45, 2.75) is 19.3 Å². The van der Waals surface area contributed by atoms with Gasteiger partial charge in [-0.25, -0.2) is 0 Å². The lowest BCUT2D eigenvalue weighted by atomic mass is 10.0. The predicted octanol–water partition coefficient (Wildman–Crippen LogP) is 2.52. The minimum absolute atomic E-state index is 0.123. The van der Waals surface area contributed by atoms with E-state index < -0.39 is 5.41 Å². The van der Waals surface area contributed by atoms with E-state index in [1.807, 2.05) is 25.1 Å². The van der Waals surface area contributed by atoms with Gasteiger partial charge in [0.2, 0.25) is 0 Å². The van der Waals surface area contributed by atoms with E-state index in [1.54, 1.807) is 0 Å². The van der Waals surface area contributed by atoms with Crippen molar-refractivity contribution in [2.75, 3.05) is 0 Å². The van der Waals surface area contributed by atoms with Crippen LogP contribution < -0.4 is 0 Å². The summed E-state index contributed by atoms with van der Waals surface area (Å²) in [5, 5.41) is 17.8. The molecule has 1 aliphatic carbocycles. The third kappa shape index (κ3) is 1.17. The number of hydrogen-bond donors (Lipinski definition) is 0. The summed E-state index contributed by atoms with van der Waals surface area (Å²) in [7, 11) is 0. The topological polar surface area (TPSA) is 47.6 Å². The van der Waals surface area contributed by atoms with Crippen molar-refractivity contribution in [2.24, 2.45) is 5.41 Å². The van der Waals surface area contributed by atoms with Crippen LogP contribution in [-0.4, -0.2) is 0 Å². The molecule has 1 aromatic rings. The number of benzene rings is 1. The lowest BCUT2D eigenvalue weighted by Crippen LogP contribution is -1.95. The van der Waals surface area contributed by atoms with Gasteiger partial charge in [0.25, 0.3) is 0 Å². The van der Waals surface area contributed by atoms with Crippen LogP contribution in [0.4, 0.5) is 0 Å². The van der Waals surface area contributed by atoms with E-state index in [1.165, 1.54) is 5.56 Å². The van der Waals surface area contributed by atoms with E-state index in [4.69, 9.17) is 10.5 Å². The average molecular weight is 182 g/mol. The molecule has 68 valence electrons. The molecular formula is C12H10N2. The summed E-state index contributed by atoms with van der Waals surface area (Å²) in [5.41, 5.74) is 1.56. The highest BCUT2D eigenvalue weighted by atomic mass is 14.6. The Morgan fingerprint density at radius 1 is 1.36 bits per heavy atom. The molecule has 1 saturated carbocycles. The molecule has 2 heteroatoms. The maximum absolute atomic E-state index is 8.89. The molecule has 2 rings (SSSR count). The molecule has 1 aliphatic rings. The first-order chi connectivity index (χ1) is 6.72. The van der Waals surface area contributed by atoms with Crippen LogP contribution >= 0.6 is 0 Å². The fourth-order valence-electron chi connectivity index (χ4n) is 1.82. The monoisotopic (exact) mass is 182 g/mol. The van der Waals surface area contributed by atoms with Crippen LogP contribution in [0, 0.1) is 35.0 Å². The van der Waals surface area contributed by atoms with Crippen LogP contribution in [0.2, 0.25) is 0 Å². The van der Waals surface area contributed by atoms with Crippen molar-refractivity contribution in [3.63, 3.8) is 0 Å². The molecule has 1 fully saturated rings. The molecule has 0 radical (unpaired) electrons. The number of rotatable bonds is 1. The zero-order valence-electron chi connectivity index (χ0n) is 7.99. The number of nitrogens with zero attached hydrogens (tertiary/aromatic N) is 2. The van der Waals surface area contributed by atoms with Crippen LogP contribution in [0.1, 0.15) is 23.5 Å². The molecule has 1 aromatic carbocycles. The Kier molecular flexibility index (Phi) is 1.79. The quantitative estimate of drug-likeness (QED) is 0.670. The van der Waals surface area contributed by atoms with Gasteiger partial charge in [0.1, 0.15) is 0 Å². The summed E-state index contributed by atoms with van der Waals surface area (Å²) in [4.78, 5) is 0. The van der Waals surface area contributed by atoms with Gasteiger partial charge >= 0.3 is 0 Å². The van der Waals surface area contributed by atoms with Gasteiger partial charge in [-0.3, -0.25) is 0 Å².